The van der Waals surface area contributed by atoms with Gasteiger partial charge in [0.05, 0.1) is 26.0 Å². The maximum atomic E-state index is 12.8. The van der Waals surface area contributed by atoms with Crippen molar-refractivity contribution in [2.75, 3.05) is 38.9 Å². The van der Waals surface area contributed by atoms with Crippen LogP contribution in [-0.2, 0) is 4.79 Å². The van der Waals surface area contributed by atoms with Gasteiger partial charge < -0.3 is 19.7 Å². The molecular weight excluding hydrogens is 372 g/mol. The fraction of sp³-hybridized carbons (Fsp3) is 0.471. The zero-order valence-electron chi connectivity index (χ0n) is 15.0. The molecule has 140 valence electrons. The second-order valence-electron chi connectivity index (χ2n) is 5.76. The summed E-state index contributed by atoms with van der Waals surface area (Å²) in [6.45, 7) is 0.752. The number of nitrogens with one attached hydrogen (secondary N) is 1. The van der Waals surface area contributed by atoms with Crippen LogP contribution in [0.1, 0.15) is 24.4 Å². The Morgan fingerprint density at radius 1 is 1.38 bits per heavy atom. The minimum absolute atomic E-state index is 0.00967. The predicted octanol–water partition coefficient (Wildman–Crippen LogP) is 3.05. The van der Waals surface area contributed by atoms with E-state index in [-0.39, 0.29) is 11.9 Å². The molecule has 1 N–H and O–H groups in total. The highest BCUT2D eigenvalue weighted by Gasteiger charge is 2.32. The third-order valence-corrected chi connectivity index (χ3v) is 6.37. The summed E-state index contributed by atoms with van der Waals surface area (Å²) in [5.74, 6) is 2.00. The molecule has 0 aliphatic carbocycles. The SMILES string of the molecule is CNc1nnc(SCC(=O)N2CCC[C@H]2c2cc(OC)ccc2OC)s1. The van der Waals surface area contributed by atoms with Crippen molar-refractivity contribution in [3.8, 4) is 11.5 Å². The number of methoxy groups -OCH3 is 2. The van der Waals surface area contributed by atoms with Gasteiger partial charge in [-0.2, -0.15) is 0 Å². The topological polar surface area (TPSA) is 76.6 Å². The molecule has 0 radical (unpaired) electrons. The molecule has 1 aromatic heterocycles. The van der Waals surface area contributed by atoms with Crippen LogP contribution in [-0.4, -0.2) is 54.6 Å². The predicted molar refractivity (Wildman–Crippen MR) is 103 cm³/mol. The second kappa shape index (κ2) is 8.59. The molecule has 9 heteroatoms. The minimum Gasteiger partial charge on any atom is -0.497 e. The van der Waals surface area contributed by atoms with E-state index in [0.717, 1.165) is 45.9 Å². The molecular formula is C17H22N4O3S2. The quantitative estimate of drug-likeness (QED) is 0.723. The van der Waals surface area contributed by atoms with Crippen molar-refractivity contribution in [1.29, 1.82) is 0 Å². The van der Waals surface area contributed by atoms with E-state index in [1.807, 2.05) is 23.1 Å². The molecule has 1 saturated heterocycles. The Morgan fingerprint density at radius 3 is 2.92 bits per heavy atom. The first-order valence-electron chi connectivity index (χ1n) is 8.31. The Hall–Kier alpha value is -2.00. The number of aromatic nitrogens is 2. The summed E-state index contributed by atoms with van der Waals surface area (Å²) in [6, 6.07) is 5.74. The zero-order valence-corrected chi connectivity index (χ0v) is 16.7. The fourth-order valence-corrected chi connectivity index (χ4v) is 4.66. The summed E-state index contributed by atoms with van der Waals surface area (Å²) in [6.07, 6.45) is 1.90. The number of thioether (sulfide) groups is 1. The summed E-state index contributed by atoms with van der Waals surface area (Å²) in [5, 5.41) is 11.8. The Bertz CT molecular complexity index is 768. The third kappa shape index (κ3) is 4.04. The largest absolute Gasteiger partial charge is 0.497 e. The number of nitrogens with zero attached hydrogens (tertiary/aromatic N) is 3. The molecule has 1 fully saturated rings. The summed E-state index contributed by atoms with van der Waals surface area (Å²) in [5.41, 5.74) is 0.996. The van der Waals surface area contributed by atoms with E-state index in [2.05, 4.69) is 15.5 Å². The first-order chi connectivity index (χ1) is 12.7. The van der Waals surface area contributed by atoms with Gasteiger partial charge in [0.25, 0.3) is 0 Å². The number of ether oxygens (including phenoxy) is 2. The van der Waals surface area contributed by atoms with Crippen LogP contribution in [0.3, 0.4) is 0 Å². The molecule has 0 saturated carbocycles. The number of carbonyl (C=O) groups excluding carboxylic acids is 1. The summed E-state index contributed by atoms with van der Waals surface area (Å²) < 4.78 is 11.6. The first kappa shape index (κ1) is 18.8. The third-order valence-electron chi connectivity index (χ3n) is 4.31. The number of amides is 1. The highest BCUT2D eigenvalue weighted by molar-refractivity contribution is 8.01. The molecule has 2 heterocycles. The number of rotatable bonds is 7. The van der Waals surface area contributed by atoms with Crippen molar-refractivity contribution in [2.45, 2.75) is 23.2 Å². The Kier molecular flexibility index (Phi) is 6.20. The molecule has 0 spiro atoms. The lowest BCUT2D eigenvalue weighted by atomic mass is 10.0. The van der Waals surface area contributed by atoms with Gasteiger partial charge in [0.15, 0.2) is 4.34 Å². The van der Waals surface area contributed by atoms with Crippen molar-refractivity contribution in [3.05, 3.63) is 23.8 Å². The maximum absolute atomic E-state index is 12.8. The maximum Gasteiger partial charge on any atom is 0.233 e. The second-order valence-corrected chi connectivity index (χ2v) is 7.96. The molecule has 1 aliphatic rings. The van der Waals surface area contributed by atoms with Crippen LogP contribution >= 0.6 is 23.1 Å². The number of hydrogen-bond acceptors (Lipinski definition) is 8. The van der Waals surface area contributed by atoms with Crippen LogP contribution < -0.4 is 14.8 Å². The van der Waals surface area contributed by atoms with Crippen molar-refractivity contribution in [1.82, 2.24) is 15.1 Å². The first-order valence-corrected chi connectivity index (χ1v) is 10.1. The van der Waals surface area contributed by atoms with E-state index in [1.165, 1.54) is 23.1 Å². The van der Waals surface area contributed by atoms with Crippen molar-refractivity contribution in [3.63, 3.8) is 0 Å². The van der Waals surface area contributed by atoms with Crippen LogP contribution in [0.2, 0.25) is 0 Å². The normalized spacial score (nSPS) is 16.6. The van der Waals surface area contributed by atoms with Crippen LogP contribution in [0.25, 0.3) is 0 Å². The van der Waals surface area contributed by atoms with E-state index in [9.17, 15) is 4.79 Å². The molecule has 1 amide bonds. The number of benzene rings is 1. The number of likely N-dealkylation sites (tertiary alicyclic amines) is 1. The highest BCUT2D eigenvalue weighted by atomic mass is 32.2. The Morgan fingerprint density at radius 2 is 2.23 bits per heavy atom. The molecule has 0 bridgehead atoms. The minimum atomic E-state index is 0.00967. The molecule has 26 heavy (non-hydrogen) atoms. The van der Waals surface area contributed by atoms with Crippen molar-refractivity contribution >= 4 is 34.1 Å². The van der Waals surface area contributed by atoms with Gasteiger partial charge >= 0.3 is 0 Å². The molecule has 7 nitrogen and oxygen atoms in total. The standard InChI is InChI=1S/C17H22N4O3S2/c1-18-16-19-20-17(26-16)25-10-15(22)21-8-4-5-13(21)12-9-11(23-2)6-7-14(12)24-3/h6-7,9,13H,4-5,8,10H2,1-3H3,(H,18,19)/t13-/m0/s1. The van der Waals surface area contributed by atoms with Gasteiger partial charge in [0.2, 0.25) is 11.0 Å². The fourth-order valence-electron chi connectivity index (χ4n) is 3.06. The van der Waals surface area contributed by atoms with Crippen LogP contribution in [0.4, 0.5) is 5.13 Å². The zero-order chi connectivity index (χ0) is 18.5. The number of hydrogen-bond donors (Lipinski definition) is 1. The summed E-state index contributed by atoms with van der Waals surface area (Å²) >= 11 is 2.87. The van der Waals surface area contributed by atoms with Gasteiger partial charge in [0.1, 0.15) is 11.5 Å². The van der Waals surface area contributed by atoms with Gasteiger partial charge in [0, 0.05) is 19.2 Å². The molecule has 1 atom stereocenters. The van der Waals surface area contributed by atoms with Crippen LogP contribution in [0.5, 0.6) is 11.5 Å². The van der Waals surface area contributed by atoms with Crippen LogP contribution in [0.15, 0.2) is 22.5 Å². The smallest absolute Gasteiger partial charge is 0.233 e. The van der Waals surface area contributed by atoms with E-state index in [0.29, 0.717) is 5.75 Å². The molecule has 1 aliphatic heterocycles. The van der Waals surface area contributed by atoms with Gasteiger partial charge in [-0.15, -0.1) is 10.2 Å². The molecule has 2 aromatic rings. The average molecular weight is 395 g/mol. The molecule has 1 aromatic carbocycles. The van der Waals surface area contributed by atoms with Crippen LogP contribution in [0, 0.1) is 0 Å². The lowest BCUT2D eigenvalue weighted by molar-refractivity contribution is -0.129. The van der Waals surface area contributed by atoms with Gasteiger partial charge in [-0.05, 0) is 31.0 Å². The van der Waals surface area contributed by atoms with Gasteiger partial charge in [-0.1, -0.05) is 23.1 Å². The van der Waals surface area contributed by atoms with E-state index < -0.39 is 0 Å². The molecule has 3 rings (SSSR count). The number of carbonyl (C=O) groups is 1. The number of anilines is 1. The van der Waals surface area contributed by atoms with Gasteiger partial charge in [-0.3, -0.25) is 4.79 Å². The summed E-state index contributed by atoms with van der Waals surface area (Å²) in [7, 11) is 5.09. The van der Waals surface area contributed by atoms with Crippen molar-refractivity contribution < 1.29 is 14.3 Å². The van der Waals surface area contributed by atoms with E-state index in [1.54, 1.807) is 21.3 Å². The average Bonchev–Trinajstić information content (AvgIpc) is 3.34. The Labute approximate surface area is 161 Å². The van der Waals surface area contributed by atoms with Gasteiger partial charge in [-0.25, -0.2) is 0 Å². The van der Waals surface area contributed by atoms with E-state index in [4.69, 9.17) is 9.47 Å². The molecule has 0 unspecified atom stereocenters. The van der Waals surface area contributed by atoms with Crippen molar-refractivity contribution in [2.24, 2.45) is 0 Å². The lowest BCUT2D eigenvalue weighted by Crippen LogP contribution is -2.32. The Balaban J connectivity index is 1.72. The lowest BCUT2D eigenvalue weighted by Gasteiger charge is -2.26. The monoisotopic (exact) mass is 394 g/mol. The van der Waals surface area contributed by atoms with E-state index >= 15 is 0 Å². The summed E-state index contributed by atoms with van der Waals surface area (Å²) in [4.78, 5) is 14.7. The highest BCUT2D eigenvalue weighted by Crippen LogP contribution is 2.39.